The van der Waals surface area contributed by atoms with Crippen LogP contribution in [0.4, 0.5) is 0 Å². The van der Waals surface area contributed by atoms with Crippen molar-refractivity contribution in [1.29, 1.82) is 0 Å². The molecule has 5 nitrogen and oxygen atoms in total. The van der Waals surface area contributed by atoms with Crippen molar-refractivity contribution in [3.8, 4) is 10.4 Å². The van der Waals surface area contributed by atoms with Crippen molar-refractivity contribution in [2.45, 2.75) is 33.2 Å². The first-order valence-corrected chi connectivity index (χ1v) is 9.60. The van der Waals surface area contributed by atoms with Crippen LogP contribution in [0.5, 0.6) is 0 Å². The van der Waals surface area contributed by atoms with E-state index in [-0.39, 0.29) is 18.0 Å². The molecule has 0 unspecified atom stereocenters. The molecule has 3 aromatic heterocycles. The highest BCUT2D eigenvalue weighted by Crippen LogP contribution is 2.34. The lowest BCUT2D eigenvalue weighted by atomic mass is 10.2. The van der Waals surface area contributed by atoms with Gasteiger partial charge in [-0.25, -0.2) is 4.98 Å². The molecule has 0 aliphatic rings. The normalized spacial score (nSPS) is 11.1. The van der Waals surface area contributed by atoms with E-state index < -0.39 is 0 Å². The molecule has 0 saturated carbocycles. The second kappa shape index (κ2) is 7.27. The molecule has 0 aromatic carbocycles. The minimum atomic E-state index is -0.159. The fourth-order valence-electron chi connectivity index (χ4n) is 2.46. The SMILES string of the molecule is CCCCNC(=O)Cn1cnc2scc(-c3ccc(C)s3)c2c1=O. The van der Waals surface area contributed by atoms with Gasteiger partial charge in [0.1, 0.15) is 11.4 Å². The first kappa shape index (κ1) is 16.9. The van der Waals surface area contributed by atoms with Crippen molar-refractivity contribution in [2.75, 3.05) is 6.54 Å². The zero-order chi connectivity index (χ0) is 17.1. The van der Waals surface area contributed by atoms with E-state index in [1.54, 1.807) is 11.3 Å². The van der Waals surface area contributed by atoms with Gasteiger partial charge in [0.25, 0.3) is 5.56 Å². The highest BCUT2D eigenvalue weighted by Gasteiger charge is 2.15. The second-order valence-corrected chi connectivity index (χ2v) is 7.77. The fraction of sp³-hybridized carbons (Fsp3) is 0.353. The number of thiophene rings is 2. The van der Waals surface area contributed by atoms with E-state index in [4.69, 9.17) is 0 Å². The van der Waals surface area contributed by atoms with Crippen LogP contribution < -0.4 is 10.9 Å². The van der Waals surface area contributed by atoms with Crippen molar-refractivity contribution in [3.05, 3.63) is 39.1 Å². The highest BCUT2D eigenvalue weighted by atomic mass is 32.1. The quantitative estimate of drug-likeness (QED) is 0.684. The first-order valence-electron chi connectivity index (χ1n) is 7.90. The number of hydrogen-bond donors (Lipinski definition) is 1. The number of nitrogens with one attached hydrogen (secondary N) is 1. The number of fused-ring (bicyclic) bond motifs is 1. The molecule has 0 atom stereocenters. The molecule has 0 radical (unpaired) electrons. The Hall–Kier alpha value is -1.99. The van der Waals surface area contributed by atoms with Crippen LogP contribution in [0.2, 0.25) is 0 Å². The van der Waals surface area contributed by atoms with Crippen molar-refractivity contribution < 1.29 is 4.79 Å². The van der Waals surface area contributed by atoms with Crippen LogP contribution in [0.25, 0.3) is 20.7 Å². The molecule has 0 aliphatic carbocycles. The Labute approximate surface area is 148 Å². The van der Waals surface area contributed by atoms with Gasteiger partial charge < -0.3 is 5.32 Å². The van der Waals surface area contributed by atoms with E-state index in [1.165, 1.54) is 27.1 Å². The van der Waals surface area contributed by atoms with Crippen LogP contribution >= 0.6 is 22.7 Å². The maximum Gasteiger partial charge on any atom is 0.263 e. The lowest BCUT2D eigenvalue weighted by Gasteiger charge is -2.07. The molecule has 3 heterocycles. The molecule has 3 aromatic rings. The van der Waals surface area contributed by atoms with E-state index in [0.29, 0.717) is 16.8 Å². The third-order valence-electron chi connectivity index (χ3n) is 3.73. The van der Waals surface area contributed by atoms with Crippen molar-refractivity contribution in [3.63, 3.8) is 0 Å². The van der Waals surface area contributed by atoms with E-state index in [1.807, 2.05) is 24.4 Å². The lowest BCUT2D eigenvalue weighted by molar-refractivity contribution is -0.121. The number of unbranched alkanes of at least 4 members (excludes halogenated alkanes) is 1. The molecule has 24 heavy (non-hydrogen) atoms. The van der Waals surface area contributed by atoms with Crippen LogP contribution in [0.15, 0.2) is 28.6 Å². The molecule has 0 fully saturated rings. The van der Waals surface area contributed by atoms with E-state index in [2.05, 4.69) is 17.2 Å². The summed E-state index contributed by atoms with van der Waals surface area (Å²) in [4.78, 5) is 32.1. The molecule has 1 N–H and O–H groups in total. The largest absolute Gasteiger partial charge is 0.355 e. The summed E-state index contributed by atoms with van der Waals surface area (Å²) in [5.74, 6) is -0.157. The van der Waals surface area contributed by atoms with Gasteiger partial charge in [-0.1, -0.05) is 13.3 Å². The Kier molecular flexibility index (Phi) is 5.11. The van der Waals surface area contributed by atoms with Crippen LogP contribution in [-0.2, 0) is 11.3 Å². The lowest BCUT2D eigenvalue weighted by Crippen LogP contribution is -2.32. The number of amides is 1. The van der Waals surface area contributed by atoms with Crippen LogP contribution in [-0.4, -0.2) is 22.0 Å². The van der Waals surface area contributed by atoms with Gasteiger partial charge in [-0.15, -0.1) is 22.7 Å². The second-order valence-electron chi connectivity index (χ2n) is 5.62. The van der Waals surface area contributed by atoms with Gasteiger partial charge in [-0.2, -0.15) is 0 Å². The molecular formula is C17H19N3O2S2. The molecular weight excluding hydrogens is 342 g/mol. The zero-order valence-electron chi connectivity index (χ0n) is 13.7. The van der Waals surface area contributed by atoms with Crippen LogP contribution in [0.3, 0.4) is 0 Å². The number of hydrogen-bond acceptors (Lipinski definition) is 5. The maximum atomic E-state index is 12.8. The molecule has 3 rings (SSSR count). The highest BCUT2D eigenvalue weighted by molar-refractivity contribution is 7.19. The molecule has 0 bridgehead atoms. The van der Waals surface area contributed by atoms with Gasteiger partial charge in [0, 0.05) is 27.2 Å². The molecule has 126 valence electrons. The predicted octanol–water partition coefficient (Wildman–Crippen LogP) is 3.41. The van der Waals surface area contributed by atoms with Gasteiger partial charge in [-0.3, -0.25) is 14.2 Å². The van der Waals surface area contributed by atoms with Crippen LogP contribution in [0, 0.1) is 6.92 Å². The summed E-state index contributed by atoms with van der Waals surface area (Å²) in [6.45, 7) is 4.75. The van der Waals surface area contributed by atoms with Gasteiger partial charge in [0.2, 0.25) is 5.91 Å². The van der Waals surface area contributed by atoms with Gasteiger partial charge in [-0.05, 0) is 25.5 Å². The maximum absolute atomic E-state index is 12.8. The van der Waals surface area contributed by atoms with E-state index in [0.717, 1.165) is 23.3 Å². The average molecular weight is 361 g/mol. The molecule has 0 saturated heterocycles. The molecule has 0 spiro atoms. The fourth-order valence-corrected chi connectivity index (χ4v) is 4.32. The summed E-state index contributed by atoms with van der Waals surface area (Å²) in [6, 6.07) is 4.06. The summed E-state index contributed by atoms with van der Waals surface area (Å²) in [5, 5.41) is 5.40. The molecule has 0 aliphatic heterocycles. The van der Waals surface area contributed by atoms with Crippen molar-refractivity contribution >= 4 is 38.8 Å². The minimum Gasteiger partial charge on any atom is -0.355 e. The van der Waals surface area contributed by atoms with Crippen molar-refractivity contribution in [1.82, 2.24) is 14.9 Å². The average Bonchev–Trinajstić information content (AvgIpc) is 3.16. The smallest absolute Gasteiger partial charge is 0.263 e. The van der Waals surface area contributed by atoms with Gasteiger partial charge >= 0.3 is 0 Å². The topological polar surface area (TPSA) is 64.0 Å². The Morgan fingerprint density at radius 3 is 2.92 bits per heavy atom. The van der Waals surface area contributed by atoms with E-state index in [9.17, 15) is 9.59 Å². The Balaban J connectivity index is 1.92. The predicted molar refractivity (Wildman–Crippen MR) is 99.8 cm³/mol. The zero-order valence-corrected chi connectivity index (χ0v) is 15.3. The number of aryl methyl sites for hydroxylation is 1. The van der Waals surface area contributed by atoms with E-state index >= 15 is 0 Å². The summed E-state index contributed by atoms with van der Waals surface area (Å²) in [5.41, 5.74) is 0.749. The number of carbonyl (C=O) groups excluding carboxylic acids is 1. The standard InChI is InChI=1S/C17H19N3O2S2/c1-3-4-7-18-14(21)8-20-10-19-16-15(17(20)22)12(9-23-16)13-6-5-11(2)24-13/h5-6,9-10H,3-4,7-8H2,1-2H3,(H,18,21). The minimum absolute atomic E-state index is 0.00421. The van der Waals surface area contributed by atoms with Crippen LogP contribution in [0.1, 0.15) is 24.6 Å². The summed E-state index contributed by atoms with van der Waals surface area (Å²) in [7, 11) is 0. The summed E-state index contributed by atoms with van der Waals surface area (Å²) < 4.78 is 1.39. The van der Waals surface area contributed by atoms with Gasteiger partial charge in [0.05, 0.1) is 11.7 Å². The first-order chi connectivity index (χ1) is 11.6. The Morgan fingerprint density at radius 1 is 1.38 bits per heavy atom. The Bertz CT molecular complexity index is 923. The number of nitrogens with zero attached hydrogens (tertiary/aromatic N) is 2. The number of carbonyl (C=O) groups is 1. The summed E-state index contributed by atoms with van der Waals surface area (Å²) >= 11 is 3.11. The van der Waals surface area contributed by atoms with Crippen molar-refractivity contribution in [2.24, 2.45) is 0 Å². The number of rotatable bonds is 6. The third kappa shape index (κ3) is 3.42. The third-order valence-corrected chi connectivity index (χ3v) is 5.65. The number of aromatic nitrogens is 2. The summed E-state index contributed by atoms with van der Waals surface area (Å²) in [6.07, 6.45) is 3.42. The Morgan fingerprint density at radius 2 is 2.21 bits per heavy atom. The monoisotopic (exact) mass is 361 g/mol. The van der Waals surface area contributed by atoms with Gasteiger partial charge in [0.15, 0.2) is 0 Å². The molecule has 7 heteroatoms. The molecule has 1 amide bonds.